The molecule has 0 saturated carbocycles. The fourth-order valence-electron chi connectivity index (χ4n) is 2.25. The smallest absolute Gasteiger partial charge is 0.192 e. The molecule has 0 saturated heterocycles. The molecule has 0 amide bonds. The Kier molecular flexibility index (Phi) is 3.55. The fraction of sp³-hybridized carbons (Fsp3) is 0.188. The maximum Gasteiger partial charge on any atom is 0.192 e. The summed E-state index contributed by atoms with van der Waals surface area (Å²) in [5.41, 5.74) is 3.28. The summed E-state index contributed by atoms with van der Waals surface area (Å²) in [5, 5.41) is 3.44. The Labute approximate surface area is 126 Å². The lowest BCUT2D eigenvalue weighted by Gasteiger charge is -2.16. The molecule has 2 aromatic carbocycles. The Hall–Kier alpha value is -2.07. The molecule has 21 heavy (non-hydrogen) atoms. The summed E-state index contributed by atoms with van der Waals surface area (Å²) in [6.07, 6.45) is 0. The van der Waals surface area contributed by atoms with Gasteiger partial charge in [0.05, 0.1) is 5.02 Å². The van der Waals surface area contributed by atoms with Crippen LogP contribution in [0.25, 0.3) is 11.1 Å². The van der Waals surface area contributed by atoms with Crippen LogP contribution in [-0.4, -0.2) is 4.98 Å². The molecule has 1 unspecified atom stereocenters. The van der Waals surface area contributed by atoms with Crippen LogP contribution in [0.1, 0.15) is 24.4 Å². The molecule has 0 aliphatic rings. The van der Waals surface area contributed by atoms with E-state index in [1.54, 1.807) is 6.07 Å². The van der Waals surface area contributed by atoms with Crippen molar-refractivity contribution < 1.29 is 8.81 Å². The van der Waals surface area contributed by atoms with Gasteiger partial charge in [-0.3, -0.25) is 0 Å². The van der Waals surface area contributed by atoms with Gasteiger partial charge in [0.25, 0.3) is 0 Å². The van der Waals surface area contributed by atoms with E-state index in [0.717, 1.165) is 22.4 Å². The number of nitrogens with zero attached hydrogens (tertiary/aromatic N) is 1. The number of halogens is 2. The van der Waals surface area contributed by atoms with Gasteiger partial charge in [-0.15, -0.1) is 0 Å². The van der Waals surface area contributed by atoms with Gasteiger partial charge in [-0.25, -0.2) is 9.37 Å². The quantitative estimate of drug-likeness (QED) is 0.731. The summed E-state index contributed by atoms with van der Waals surface area (Å²) in [4.78, 5) is 4.30. The highest BCUT2D eigenvalue weighted by Crippen LogP contribution is 2.25. The van der Waals surface area contributed by atoms with Crippen molar-refractivity contribution in [1.29, 1.82) is 0 Å². The van der Waals surface area contributed by atoms with Crippen LogP contribution in [0, 0.1) is 12.7 Å². The fourth-order valence-corrected chi connectivity index (χ4v) is 2.37. The predicted molar refractivity (Wildman–Crippen MR) is 82.2 cm³/mol. The van der Waals surface area contributed by atoms with Crippen LogP contribution >= 0.6 is 11.6 Å². The highest BCUT2D eigenvalue weighted by molar-refractivity contribution is 6.30. The van der Waals surface area contributed by atoms with E-state index in [1.807, 2.05) is 38.1 Å². The van der Waals surface area contributed by atoms with E-state index in [1.165, 1.54) is 6.07 Å². The maximum absolute atomic E-state index is 13.5. The van der Waals surface area contributed by atoms with Crippen molar-refractivity contribution in [1.82, 2.24) is 4.98 Å². The number of aromatic nitrogens is 1. The first kappa shape index (κ1) is 13.9. The molecule has 5 heteroatoms. The third-order valence-electron chi connectivity index (χ3n) is 3.32. The van der Waals surface area contributed by atoms with E-state index < -0.39 is 5.82 Å². The van der Waals surface area contributed by atoms with E-state index in [4.69, 9.17) is 16.0 Å². The predicted octanol–water partition coefficient (Wildman–Crippen LogP) is 5.10. The van der Waals surface area contributed by atoms with Crippen molar-refractivity contribution in [2.24, 2.45) is 0 Å². The van der Waals surface area contributed by atoms with E-state index in [0.29, 0.717) is 5.89 Å². The average Bonchev–Trinajstić information content (AvgIpc) is 2.81. The second kappa shape index (κ2) is 5.37. The topological polar surface area (TPSA) is 38.1 Å². The second-order valence-electron chi connectivity index (χ2n) is 4.95. The van der Waals surface area contributed by atoms with E-state index in [-0.39, 0.29) is 11.1 Å². The molecule has 3 nitrogen and oxygen atoms in total. The largest absolute Gasteiger partial charge is 0.441 e. The van der Waals surface area contributed by atoms with Crippen molar-refractivity contribution in [2.45, 2.75) is 19.9 Å². The Morgan fingerprint density at radius 1 is 1.24 bits per heavy atom. The molecule has 1 aromatic heterocycles. The Bertz CT molecular complexity index is 800. The summed E-state index contributed by atoms with van der Waals surface area (Å²) in [6.45, 7) is 3.77. The second-order valence-corrected chi connectivity index (χ2v) is 5.36. The third-order valence-corrected chi connectivity index (χ3v) is 3.63. The zero-order chi connectivity index (χ0) is 15.0. The Balaban J connectivity index is 1.84. The number of aryl methyl sites for hydroxylation is 1. The normalized spacial score (nSPS) is 12.6. The molecular formula is C16H14ClFN2O. The minimum Gasteiger partial charge on any atom is -0.441 e. The number of rotatable bonds is 3. The number of benzene rings is 2. The van der Waals surface area contributed by atoms with Gasteiger partial charge in [0.15, 0.2) is 11.5 Å². The van der Waals surface area contributed by atoms with Crippen LogP contribution in [0.4, 0.5) is 10.1 Å². The molecule has 0 aliphatic heterocycles. The molecule has 3 aromatic rings. The number of hydrogen-bond donors (Lipinski definition) is 1. The summed E-state index contributed by atoms with van der Waals surface area (Å²) < 4.78 is 18.9. The van der Waals surface area contributed by atoms with Gasteiger partial charge in [0.1, 0.15) is 11.3 Å². The summed E-state index contributed by atoms with van der Waals surface area (Å²) >= 11 is 5.70. The minimum atomic E-state index is -0.412. The first-order valence-electron chi connectivity index (χ1n) is 6.61. The molecule has 1 heterocycles. The lowest BCUT2D eigenvalue weighted by molar-refractivity contribution is 0.561. The lowest BCUT2D eigenvalue weighted by Crippen LogP contribution is -2.06. The van der Waals surface area contributed by atoms with Crippen LogP contribution in [0.2, 0.25) is 5.02 Å². The molecule has 1 atom stereocenters. The number of hydrogen-bond acceptors (Lipinski definition) is 3. The Morgan fingerprint density at radius 3 is 2.81 bits per heavy atom. The van der Waals surface area contributed by atoms with Gasteiger partial charge < -0.3 is 9.73 Å². The van der Waals surface area contributed by atoms with Crippen molar-refractivity contribution in [2.75, 3.05) is 5.32 Å². The molecule has 0 aliphatic carbocycles. The molecule has 3 rings (SSSR count). The monoisotopic (exact) mass is 304 g/mol. The van der Waals surface area contributed by atoms with Crippen molar-refractivity contribution in [3.63, 3.8) is 0 Å². The highest BCUT2D eigenvalue weighted by Gasteiger charge is 2.10. The summed E-state index contributed by atoms with van der Waals surface area (Å²) in [6, 6.07) is 10.5. The van der Waals surface area contributed by atoms with Gasteiger partial charge in [0, 0.05) is 18.7 Å². The zero-order valence-electron chi connectivity index (χ0n) is 11.7. The molecule has 0 bridgehead atoms. The third kappa shape index (κ3) is 2.85. The summed E-state index contributed by atoms with van der Waals surface area (Å²) in [5.74, 6) is 0.223. The summed E-state index contributed by atoms with van der Waals surface area (Å²) in [7, 11) is 0. The van der Waals surface area contributed by atoms with Gasteiger partial charge in [-0.2, -0.15) is 0 Å². The van der Waals surface area contributed by atoms with Gasteiger partial charge >= 0.3 is 0 Å². The molecule has 1 N–H and O–H groups in total. The maximum atomic E-state index is 13.5. The zero-order valence-corrected chi connectivity index (χ0v) is 12.4. The van der Waals surface area contributed by atoms with E-state index >= 15 is 0 Å². The molecule has 108 valence electrons. The SMILES string of the molecule is Cc1nc2cc(NC(C)c3ccc(Cl)c(F)c3)ccc2o1. The van der Waals surface area contributed by atoms with Gasteiger partial charge in [-0.05, 0) is 42.8 Å². The van der Waals surface area contributed by atoms with E-state index in [2.05, 4.69) is 10.3 Å². The van der Waals surface area contributed by atoms with Crippen molar-refractivity contribution in [3.05, 3.63) is 58.7 Å². The van der Waals surface area contributed by atoms with Crippen LogP contribution in [0.15, 0.2) is 40.8 Å². The molecule has 0 radical (unpaired) electrons. The van der Waals surface area contributed by atoms with Crippen molar-refractivity contribution >= 4 is 28.4 Å². The first-order valence-corrected chi connectivity index (χ1v) is 6.99. The van der Waals surface area contributed by atoms with Gasteiger partial charge in [0.2, 0.25) is 0 Å². The number of nitrogens with one attached hydrogen (secondary N) is 1. The Morgan fingerprint density at radius 2 is 2.05 bits per heavy atom. The highest BCUT2D eigenvalue weighted by atomic mass is 35.5. The van der Waals surface area contributed by atoms with Crippen LogP contribution < -0.4 is 5.32 Å². The van der Waals surface area contributed by atoms with Crippen LogP contribution in [0.5, 0.6) is 0 Å². The minimum absolute atomic E-state index is 0.0535. The average molecular weight is 305 g/mol. The van der Waals surface area contributed by atoms with Crippen molar-refractivity contribution in [3.8, 4) is 0 Å². The molecule has 0 fully saturated rings. The first-order chi connectivity index (χ1) is 10.0. The van der Waals surface area contributed by atoms with Crippen LogP contribution in [0.3, 0.4) is 0 Å². The standard InChI is InChI=1S/C16H14ClFN2O/c1-9(11-3-5-13(17)14(18)7-11)19-12-4-6-16-15(8-12)20-10(2)21-16/h3-9,19H,1-2H3. The van der Waals surface area contributed by atoms with E-state index in [9.17, 15) is 4.39 Å². The van der Waals surface area contributed by atoms with Crippen LogP contribution in [-0.2, 0) is 0 Å². The number of anilines is 1. The van der Waals surface area contributed by atoms with Gasteiger partial charge in [-0.1, -0.05) is 17.7 Å². The number of oxazole rings is 1. The molecule has 0 spiro atoms. The number of fused-ring (bicyclic) bond motifs is 1. The molecular weight excluding hydrogens is 291 g/mol. The lowest BCUT2D eigenvalue weighted by atomic mass is 10.1.